The van der Waals surface area contributed by atoms with Gasteiger partial charge in [0.25, 0.3) is 0 Å². The van der Waals surface area contributed by atoms with Crippen molar-refractivity contribution in [3.8, 4) is 0 Å². The van der Waals surface area contributed by atoms with Crippen LogP contribution >= 0.6 is 11.8 Å². The third kappa shape index (κ3) is 1.95. The standard InChI is InChI=1S/C12H19N3S/c1-15-12(13-10-5-6-16-8-10)7-11(14-15)9-3-2-4-9/h7,9-10,13H,2-6,8H2,1H3. The van der Waals surface area contributed by atoms with Crippen LogP contribution in [-0.4, -0.2) is 27.3 Å². The highest BCUT2D eigenvalue weighted by Gasteiger charge is 2.24. The SMILES string of the molecule is Cn1nc(C2CCC2)cc1NC1CCSC1. The van der Waals surface area contributed by atoms with Crippen molar-refractivity contribution in [2.45, 2.75) is 37.6 Å². The molecule has 0 spiro atoms. The first-order chi connectivity index (χ1) is 7.83. The summed E-state index contributed by atoms with van der Waals surface area (Å²) in [7, 11) is 2.05. The average Bonchev–Trinajstić information content (AvgIpc) is 2.76. The van der Waals surface area contributed by atoms with E-state index in [4.69, 9.17) is 0 Å². The Morgan fingerprint density at radius 2 is 2.31 bits per heavy atom. The van der Waals surface area contributed by atoms with E-state index in [2.05, 4.69) is 16.5 Å². The number of aryl methyl sites for hydroxylation is 1. The van der Waals surface area contributed by atoms with Crippen molar-refractivity contribution in [1.82, 2.24) is 9.78 Å². The van der Waals surface area contributed by atoms with E-state index in [1.807, 2.05) is 23.5 Å². The molecule has 4 heteroatoms. The summed E-state index contributed by atoms with van der Waals surface area (Å²) in [5, 5.41) is 8.23. The van der Waals surface area contributed by atoms with Crippen LogP contribution in [0, 0.1) is 0 Å². The zero-order chi connectivity index (χ0) is 11.0. The fraction of sp³-hybridized carbons (Fsp3) is 0.750. The molecule has 1 aliphatic heterocycles. The molecular formula is C12H19N3S. The maximum absolute atomic E-state index is 4.62. The van der Waals surface area contributed by atoms with Crippen molar-refractivity contribution in [1.29, 1.82) is 0 Å². The van der Waals surface area contributed by atoms with Crippen molar-refractivity contribution in [3.05, 3.63) is 11.8 Å². The molecule has 3 nitrogen and oxygen atoms in total. The van der Waals surface area contributed by atoms with Crippen LogP contribution in [0.5, 0.6) is 0 Å². The fourth-order valence-corrected chi connectivity index (χ4v) is 3.54. The molecule has 16 heavy (non-hydrogen) atoms. The minimum absolute atomic E-state index is 0.648. The first kappa shape index (κ1) is 10.5. The van der Waals surface area contributed by atoms with E-state index >= 15 is 0 Å². The van der Waals surface area contributed by atoms with Gasteiger partial charge in [-0.05, 0) is 25.0 Å². The van der Waals surface area contributed by atoms with Crippen LogP contribution < -0.4 is 5.32 Å². The van der Waals surface area contributed by atoms with Gasteiger partial charge in [-0.15, -0.1) is 0 Å². The highest BCUT2D eigenvalue weighted by Crippen LogP contribution is 2.36. The van der Waals surface area contributed by atoms with Crippen LogP contribution in [0.2, 0.25) is 0 Å². The van der Waals surface area contributed by atoms with Gasteiger partial charge < -0.3 is 5.32 Å². The topological polar surface area (TPSA) is 29.9 Å². The third-order valence-electron chi connectivity index (χ3n) is 3.70. The van der Waals surface area contributed by atoms with E-state index in [1.54, 1.807) is 0 Å². The molecule has 3 rings (SSSR count). The summed E-state index contributed by atoms with van der Waals surface area (Å²) in [4.78, 5) is 0. The summed E-state index contributed by atoms with van der Waals surface area (Å²) in [6.45, 7) is 0. The van der Waals surface area contributed by atoms with Crippen LogP contribution in [0.1, 0.15) is 37.3 Å². The fourth-order valence-electron chi connectivity index (χ4n) is 2.39. The van der Waals surface area contributed by atoms with Crippen molar-refractivity contribution < 1.29 is 0 Å². The zero-order valence-electron chi connectivity index (χ0n) is 9.78. The van der Waals surface area contributed by atoms with Crippen LogP contribution in [0.3, 0.4) is 0 Å². The van der Waals surface area contributed by atoms with Crippen molar-refractivity contribution in [2.75, 3.05) is 16.8 Å². The monoisotopic (exact) mass is 237 g/mol. The Labute approximate surface area is 101 Å². The lowest BCUT2D eigenvalue weighted by Crippen LogP contribution is -2.19. The molecule has 2 heterocycles. The van der Waals surface area contributed by atoms with Gasteiger partial charge >= 0.3 is 0 Å². The van der Waals surface area contributed by atoms with E-state index in [9.17, 15) is 0 Å². The predicted molar refractivity (Wildman–Crippen MR) is 69.2 cm³/mol. The van der Waals surface area contributed by atoms with Crippen molar-refractivity contribution >= 4 is 17.6 Å². The van der Waals surface area contributed by atoms with E-state index < -0.39 is 0 Å². The van der Waals surface area contributed by atoms with Gasteiger partial charge in [0.05, 0.1) is 5.69 Å². The molecule has 88 valence electrons. The molecule has 2 fully saturated rings. The third-order valence-corrected chi connectivity index (χ3v) is 4.87. The number of hydrogen-bond donors (Lipinski definition) is 1. The normalized spacial score (nSPS) is 25.7. The molecular weight excluding hydrogens is 218 g/mol. The number of rotatable bonds is 3. The summed E-state index contributed by atoms with van der Waals surface area (Å²) in [6, 6.07) is 2.90. The average molecular weight is 237 g/mol. The first-order valence-corrected chi connectivity index (χ1v) is 7.36. The van der Waals surface area contributed by atoms with Crippen LogP contribution in [0.4, 0.5) is 5.82 Å². The smallest absolute Gasteiger partial charge is 0.124 e. The molecule has 1 aromatic heterocycles. The minimum atomic E-state index is 0.648. The van der Waals surface area contributed by atoms with Crippen LogP contribution in [-0.2, 0) is 7.05 Å². The summed E-state index contributed by atoms with van der Waals surface area (Å²) in [5.74, 6) is 4.48. The van der Waals surface area contributed by atoms with E-state index in [-0.39, 0.29) is 0 Å². The molecule has 0 aromatic carbocycles. The minimum Gasteiger partial charge on any atom is -0.367 e. The molecule has 0 radical (unpaired) electrons. The van der Waals surface area contributed by atoms with E-state index in [0.717, 1.165) is 5.92 Å². The molecule has 1 N–H and O–H groups in total. The van der Waals surface area contributed by atoms with Gasteiger partial charge in [-0.1, -0.05) is 6.42 Å². The molecule has 0 amide bonds. The number of aromatic nitrogens is 2. The van der Waals surface area contributed by atoms with Crippen molar-refractivity contribution in [2.24, 2.45) is 7.05 Å². The maximum Gasteiger partial charge on any atom is 0.124 e. The van der Waals surface area contributed by atoms with Crippen LogP contribution in [0.25, 0.3) is 0 Å². The van der Waals surface area contributed by atoms with Gasteiger partial charge in [0.2, 0.25) is 0 Å². The van der Waals surface area contributed by atoms with Gasteiger partial charge in [-0.3, -0.25) is 4.68 Å². The lowest BCUT2D eigenvalue weighted by atomic mass is 9.83. The number of anilines is 1. The van der Waals surface area contributed by atoms with Gasteiger partial charge in [-0.25, -0.2) is 0 Å². The summed E-state index contributed by atoms with van der Waals surface area (Å²) >= 11 is 2.04. The Kier molecular flexibility index (Phi) is 2.84. The number of nitrogens with zero attached hydrogens (tertiary/aromatic N) is 2. The lowest BCUT2D eigenvalue weighted by Gasteiger charge is -2.22. The largest absolute Gasteiger partial charge is 0.367 e. The molecule has 1 aliphatic carbocycles. The second-order valence-electron chi connectivity index (χ2n) is 4.91. The molecule has 1 saturated heterocycles. The van der Waals surface area contributed by atoms with E-state index in [0.29, 0.717) is 6.04 Å². The van der Waals surface area contributed by atoms with Gasteiger partial charge in [0.1, 0.15) is 5.82 Å². The molecule has 2 aliphatic rings. The number of nitrogens with one attached hydrogen (secondary N) is 1. The van der Waals surface area contributed by atoms with E-state index in [1.165, 1.54) is 48.7 Å². The second kappa shape index (κ2) is 4.32. The molecule has 1 unspecified atom stereocenters. The Bertz CT molecular complexity index is 364. The van der Waals surface area contributed by atoms with Gasteiger partial charge in [0, 0.05) is 30.8 Å². The Morgan fingerprint density at radius 3 is 2.94 bits per heavy atom. The molecule has 1 aromatic rings. The highest BCUT2D eigenvalue weighted by atomic mass is 32.2. The summed E-state index contributed by atoms with van der Waals surface area (Å²) in [6.07, 6.45) is 5.32. The first-order valence-electron chi connectivity index (χ1n) is 6.21. The van der Waals surface area contributed by atoms with Gasteiger partial charge in [0.15, 0.2) is 0 Å². The quantitative estimate of drug-likeness (QED) is 0.876. The van der Waals surface area contributed by atoms with Gasteiger partial charge in [-0.2, -0.15) is 16.9 Å². The Morgan fingerprint density at radius 1 is 1.44 bits per heavy atom. The van der Waals surface area contributed by atoms with Crippen molar-refractivity contribution in [3.63, 3.8) is 0 Å². The molecule has 1 atom stereocenters. The predicted octanol–water partition coefficient (Wildman–Crippen LogP) is 2.61. The zero-order valence-corrected chi connectivity index (χ0v) is 10.6. The summed E-state index contributed by atoms with van der Waals surface area (Å²) < 4.78 is 2.01. The second-order valence-corrected chi connectivity index (χ2v) is 6.06. The maximum atomic E-state index is 4.62. The Balaban J connectivity index is 1.70. The van der Waals surface area contributed by atoms with Crippen LogP contribution in [0.15, 0.2) is 6.07 Å². The Hall–Kier alpha value is -0.640. The number of hydrogen-bond acceptors (Lipinski definition) is 3. The lowest BCUT2D eigenvalue weighted by molar-refractivity contribution is 0.408. The summed E-state index contributed by atoms with van der Waals surface area (Å²) in [5.41, 5.74) is 1.29. The molecule has 1 saturated carbocycles. The molecule has 0 bridgehead atoms. The highest BCUT2D eigenvalue weighted by molar-refractivity contribution is 7.99. The number of thioether (sulfide) groups is 1.